The molecule has 1 aromatic carbocycles. The van der Waals surface area contributed by atoms with Crippen molar-refractivity contribution in [3.05, 3.63) is 52.9 Å². The van der Waals surface area contributed by atoms with E-state index in [4.69, 9.17) is 21.1 Å². The molecule has 2 rings (SSSR count). The van der Waals surface area contributed by atoms with Crippen LogP contribution in [0.15, 0.2) is 41.0 Å². The number of hydrogen-bond acceptors (Lipinski definition) is 3. The van der Waals surface area contributed by atoms with Crippen molar-refractivity contribution in [3.8, 4) is 0 Å². The highest BCUT2D eigenvalue weighted by atomic mass is 35.5. The summed E-state index contributed by atoms with van der Waals surface area (Å²) in [6, 6.07) is 4.65. The first-order chi connectivity index (χ1) is 9.79. The van der Waals surface area contributed by atoms with Gasteiger partial charge in [0.05, 0.1) is 16.8 Å². The summed E-state index contributed by atoms with van der Waals surface area (Å²) in [4.78, 5) is 11.2. The standard InChI is InChI=1S/C13H9ClF3NO3/c14-9-4-3-7(6-8(9)13(15,16)17)18-11(12(19)20)10-2-1-5-21-10/h1-6,11,18H,(H,19,20). The Morgan fingerprint density at radius 1 is 1.33 bits per heavy atom. The number of hydrogen-bond donors (Lipinski definition) is 2. The molecule has 112 valence electrons. The molecule has 1 unspecified atom stereocenters. The molecule has 4 nitrogen and oxygen atoms in total. The lowest BCUT2D eigenvalue weighted by Crippen LogP contribution is -2.20. The smallest absolute Gasteiger partial charge is 0.417 e. The van der Waals surface area contributed by atoms with Crippen molar-refractivity contribution in [1.82, 2.24) is 0 Å². The molecule has 0 saturated heterocycles. The maximum atomic E-state index is 12.8. The maximum absolute atomic E-state index is 12.8. The fourth-order valence-corrected chi connectivity index (χ4v) is 1.93. The number of alkyl halides is 3. The Bertz CT molecular complexity index is 641. The molecular weight excluding hydrogens is 311 g/mol. The number of rotatable bonds is 4. The van der Waals surface area contributed by atoms with Gasteiger partial charge >= 0.3 is 12.1 Å². The normalized spacial score (nSPS) is 13.0. The van der Waals surface area contributed by atoms with Crippen LogP contribution in [-0.4, -0.2) is 11.1 Å². The van der Waals surface area contributed by atoms with E-state index in [0.717, 1.165) is 12.1 Å². The SMILES string of the molecule is O=C(O)C(Nc1ccc(Cl)c(C(F)(F)F)c1)c1ccco1. The number of furan rings is 1. The quantitative estimate of drug-likeness (QED) is 0.887. The fourth-order valence-electron chi connectivity index (χ4n) is 1.71. The molecule has 0 spiro atoms. The number of anilines is 1. The summed E-state index contributed by atoms with van der Waals surface area (Å²) in [7, 11) is 0. The molecular formula is C13H9ClF3NO3. The third kappa shape index (κ3) is 3.49. The summed E-state index contributed by atoms with van der Waals surface area (Å²) < 4.78 is 43.2. The summed E-state index contributed by atoms with van der Waals surface area (Å²) in [6.07, 6.45) is -3.35. The van der Waals surface area contributed by atoms with Crippen LogP contribution in [0.2, 0.25) is 5.02 Å². The van der Waals surface area contributed by atoms with E-state index in [1.807, 2.05) is 0 Å². The van der Waals surface area contributed by atoms with Crippen LogP contribution in [0.25, 0.3) is 0 Å². The lowest BCUT2D eigenvalue weighted by Gasteiger charge is -2.16. The van der Waals surface area contributed by atoms with E-state index in [-0.39, 0.29) is 11.4 Å². The van der Waals surface area contributed by atoms with Crippen molar-refractivity contribution in [3.63, 3.8) is 0 Å². The Morgan fingerprint density at radius 3 is 2.57 bits per heavy atom. The minimum absolute atomic E-state index is 0.0319. The highest BCUT2D eigenvalue weighted by Crippen LogP contribution is 2.36. The van der Waals surface area contributed by atoms with Crippen molar-refractivity contribution in [1.29, 1.82) is 0 Å². The Hall–Kier alpha value is -2.15. The van der Waals surface area contributed by atoms with Gasteiger partial charge in [0.1, 0.15) is 5.76 Å². The van der Waals surface area contributed by atoms with E-state index in [1.54, 1.807) is 0 Å². The highest BCUT2D eigenvalue weighted by Gasteiger charge is 2.34. The topological polar surface area (TPSA) is 62.5 Å². The second-order valence-corrected chi connectivity index (χ2v) is 4.53. The Balaban J connectivity index is 2.32. The second-order valence-electron chi connectivity index (χ2n) is 4.12. The minimum Gasteiger partial charge on any atom is -0.479 e. The number of aliphatic carboxylic acids is 1. The van der Waals surface area contributed by atoms with Crippen LogP contribution >= 0.6 is 11.6 Å². The number of halogens is 4. The minimum atomic E-state index is -4.63. The first-order valence-electron chi connectivity index (χ1n) is 5.68. The first-order valence-corrected chi connectivity index (χ1v) is 6.06. The molecule has 8 heteroatoms. The molecule has 1 atom stereocenters. The van der Waals surface area contributed by atoms with Gasteiger partial charge in [0.15, 0.2) is 6.04 Å². The van der Waals surface area contributed by atoms with Gasteiger partial charge in [-0.05, 0) is 30.3 Å². The van der Waals surface area contributed by atoms with Crippen LogP contribution in [0.3, 0.4) is 0 Å². The Morgan fingerprint density at radius 2 is 2.05 bits per heavy atom. The lowest BCUT2D eigenvalue weighted by atomic mass is 10.1. The number of carboxylic acids is 1. The van der Waals surface area contributed by atoms with E-state index in [9.17, 15) is 18.0 Å². The van der Waals surface area contributed by atoms with Crippen LogP contribution in [-0.2, 0) is 11.0 Å². The molecule has 2 N–H and O–H groups in total. The van der Waals surface area contributed by atoms with E-state index in [0.29, 0.717) is 0 Å². The number of nitrogens with one attached hydrogen (secondary N) is 1. The molecule has 0 aliphatic heterocycles. The van der Waals surface area contributed by atoms with Crippen LogP contribution in [0, 0.1) is 0 Å². The zero-order chi connectivity index (χ0) is 15.6. The highest BCUT2D eigenvalue weighted by molar-refractivity contribution is 6.31. The third-order valence-electron chi connectivity index (χ3n) is 2.66. The number of carboxylic acid groups (broad SMARTS) is 1. The molecule has 1 aromatic heterocycles. The van der Waals surface area contributed by atoms with Crippen molar-refractivity contribution < 1.29 is 27.5 Å². The first kappa shape index (κ1) is 15.2. The van der Waals surface area contributed by atoms with Crippen molar-refractivity contribution >= 4 is 23.3 Å². The third-order valence-corrected chi connectivity index (χ3v) is 2.99. The number of carbonyl (C=O) groups is 1. The zero-order valence-corrected chi connectivity index (χ0v) is 11.1. The Labute approximate surface area is 122 Å². The van der Waals surface area contributed by atoms with E-state index in [1.165, 1.54) is 24.5 Å². The molecule has 0 radical (unpaired) electrons. The molecule has 1 heterocycles. The van der Waals surface area contributed by atoms with Crippen LogP contribution in [0.5, 0.6) is 0 Å². The van der Waals surface area contributed by atoms with Crippen LogP contribution in [0.1, 0.15) is 17.4 Å². The molecule has 21 heavy (non-hydrogen) atoms. The molecule has 0 aliphatic carbocycles. The molecule has 2 aromatic rings. The van der Waals surface area contributed by atoms with Crippen LogP contribution in [0.4, 0.5) is 18.9 Å². The van der Waals surface area contributed by atoms with Gasteiger partial charge < -0.3 is 14.8 Å². The summed E-state index contributed by atoms with van der Waals surface area (Å²) in [5.74, 6) is -1.21. The van der Waals surface area contributed by atoms with E-state index >= 15 is 0 Å². The average molecular weight is 320 g/mol. The second kappa shape index (κ2) is 5.69. The summed E-state index contributed by atoms with van der Waals surface area (Å²) in [6.45, 7) is 0. The Kier molecular flexibility index (Phi) is 4.13. The van der Waals surface area contributed by atoms with Gasteiger partial charge in [-0.15, -0.1) is 0 Å². The molecule has 0 aliphatic rings. The lowest BCUT2D eigenvalue weighted by molar-refractivity contribution is -0.138. The van der Waals surface area contributed by atoms with E-state index in [2.05, 4.69) is 5.32 Å². The van der Waals surface area contributed by atoms with Crippen LogP contribution < -0.4 is 5.32 Å². The molecule has 0 saturated carbocycles. The molecule has 0 bridgehead atoms. The summed E-state index contributed by atoms with van der Waals surface area (Å²) >= 11 is 5.50. The van der Waals surface area contributed by atoms with Gasteiger partial charge in [-0.3, -0.25) is 0 Å². The number of benzene rings is 1. The summed E-state index contributed by atoms with van der Waals surface area (Å²) in [5, 5.41) is 11.1. The van der Waals surface area contributed by atoms with E-state index < -0.39 is 28.8 Å². The predicted octanol–water partition coefficient (Wildman–Crippen LogP) is 4.19. The zero-order valence-electron chi connectivity index (χ0n) is 10.3. The van der Waals surface area contributed by atoms with Gasteiger partial charge in [-0.1, -0.05) is 11.6 Å². The van der Waals surface area contributed by atoms with Crippen molar-refractivity contribution in [2.24, 2.45) is 0 Å². The predicted molar refractivity (Wildman–Crippen MR) is 69.2 cm³/mol. The monoisotopic (exact) mass is 319 g/mol. The molecule has 0 fully saturated rings. The van der Waals surface area contributed by atoms with Gasteiger partial charge in [-0.2, -0.15) is 13.2 Å². The molecule has 0 amide bonds. The van der Waals surface area contributed by atoms with Gasteiger partial charge in [-0.25, -0.2) is 4.79 Å². The largest absolute Gasteiger partial charge is 0.479 e. The average Bonchev–Trinajstić information content (AvgIpc) is 2.89. The van der Waals surface area contributed by atoms with Crippen molar-refractivity contribution in [2.45, 2.75) is 12.2 Å². The maximum Gasteiger partial charge on any atom is 0.417 e. The van der Waals surface area contributed by atoms with Gasteiger partial charge in [0.25, 0.3) is 0 Å². The van der Waals surface area contributed by atoms with Crippen molar-refractivity contribution in [2.75, 3.05) is 5.32 Å². The fraction of sp³-hybridized carbons (Fsp3) is 0.154. The summed E-state index contributed by atoms with van der Waals surface area (Å²) in [5.41, 5.74) is -1.08. The van der Waals surface area contributed by atoms with Gasteiger partial charge in [0, 0.05) is 5.69 Å². The van der Waals surface area contributed by atoms with Gasteiger partial charge in [0.2, 0.25) is 0 Å².